The van der Waals surface area contributed by atoms with Crippen LogP contribution in [0.3, 0.4) is 0 Å². The molecule has 0 radical (unpaired) electrons. The van der Waals surface area contributed by atoms with Crippen molar-refractivity contribution in [3.63, 3.8) is 0 Å². The monoisotopic (exact) mass is 288 g/mol. The summed E-state index contributed by atoms with van der Waals surface area (Å²) in [5.74, 6) is -0.294. The molecule has 0 N–H and O–H groups in total. The molecule has 1 aromatic rings. The minimum atomic E-state index is -2.90. The van der Waals surface area contributed by atoms with Crippen LogP contribution >= 0.6 is 0 Å². The predicted octanol–water partition coefficient (Wildman–Crippen LogP) is 4.87. The van der Waals surface area contributed by atoms with Gasteiger partial charge in [0, 0.05) is 23.1 Å². The van der Waals surface area contributed by atoms with Crippen LogP contribution in [0.1, 0.15) is 61.0 Å². The molecule has 0 amide bonds. The molecular formula is C15H19F3O2. The summed E-state index contributed by atoms with van der Waals surface area (Å²) in [6.07, 6.45) is -1.29. The van der Waals surface area contributed by atoms with E-state index < -0.39 is 18.7 Å². The van der Waals surface area contributed by atoms with Crippen LogP contribution in [-0.4, -0.2) is 12.4 Å². The molecule has 0 aliphatic carbocycles. The summed E-state index contributed by atoms with van der Waals surface area (Å²) in [6, 6.07) is 2.70. The minimum Gasteiger partial charge on any atom is -0.493 e. The lowest BCUT2D eigenvalue weighted by molar-refractivity contribution is 0.0964. The Balaban J connectivity index is 3.27. The van der Waals surface area contributed by atoms with Crippen LogP contribution in [-0.2, 0) is 6.67 Å². The number of unbranched alkanes of at least 4 members (excludes halogenated alkanes) is 1. The highest BCUT2D eigenvalue weighted by atomic mass is 19.3. The lowest BCUT2D eigenvalue weighted by Crippen LogP contribution is -2.09. The van der Waals surface area contributed by atoms with Gasteiger partial charge >= 0.3 is 0 Å². The summed E-state index contributed by atoms with van der Waals surface area (Å²) in [7, 11) is 0. The number of carbonyl (C=O) groups is 1. The van der Waals surface area contributed by atoms with Gasteiger partial charge in [-0.3, -0.25) is 4.79 Å². The highest BCUT2D eigenvalue weighted by molar-refractivity contribution is 5.98. The van der Waals surface area contributed by atoms with Crippen molar-refractivity contribution in [1.82, 2.24) is 0 Å². The summed E-state index contributed by atoms with van der Waals surface area (Å²) in [5.41, 5.74) is -0.840. The quantitative estimate of drug-likeness (QED) is 0.638. The van der Waals surface area contributed by atoms with Gasteiger partial charge in [0.25, 0.3) is 6.43 Å². The molecule has 0 saturated heterocycles. The molecule has 2 nitrogen and oxygen atoms in total. The second-order valence-electron chi connectivity index (χ2n) is 4.40. The van der Waals surface area contributed by atoms with E-state index in [0.717, 1.165) is 6.42 Å². The molecule has 0 atom stereocenters. The Morgan fingerprint density at radius 2 is 2.00 bits per heavy atom. The third-order valence-electron chi connectivity index (χ3n) is 3.02. The normalized spacial score (nSPS) is 10.9. The summed E-state index contributed by atoms with van der Waals surface area (Å²) in [4.78, 5) is 12.0. The number of benzene rings is 1. The van der Waals surface area contributed by atoms with Gasteiger partial charge in [0.05, 0.1) is 6.61 Å². The molecule has 1 aromatic carbocycles. The van der Waals surface area contributed by atoms with Gasteiger partial charge in [-0.15, -0.1) is 0 Å². The fourth-order valence-corrected chi connectivity index (χ4v) is 2.04. The summed E-state index contributed by atoms with van der Waals surface area (Å²) in [6.45, 7) is 2.76. The van der Waals surface area contributed by atoms with Crippen molar-refractivity contribution in [2.24, 2.45) is 0 Å². The molecule has 5 heteroatoms. The zero-order valence-electron chi connectivity index (χ0n) is 11.7. The highest BCUT2D eigenvalue weighted by Crippen LogP contribution is 2.34. The number of alkyl halides is 3. The molecule has 0 unspecified atom stereocenters. The fraction of sp³-hybridized carbons (Fsp3) is 0.533. The van der Waals surface area contributed by atoms with Crippen LogP contribution in [0.25, 0.3) is 0 Å². The third-order valence-corrected chi connectivity index (χ3v) is 3.02. The average Bonchev–Trinajstić information content (AvgIpc) is 2.44. The highest BCUT2D eigenvalue weighted by Gasteiger charge is 2.24. The standard InChI is InChI=1S/C15H19F3O2/c1-3-5-6-12(19)10-7-8-13(20-4-2)11(9-16)14(10)15(17)18/h7-8,15H,3-6,9H2,1-2H3. The zero-order chi connectivity index (χ0) is 15.1. The number of Topliss-reactive ketones (excluding diaryl/α,β-unsaturated/α-hetero) is 1. The maximum atomic E-state index is 13.2. The van der Waals surface area contributed by atoms with Gasteiger partial charge in [0.15, 0.2) is 5.78 Å². The molecule has 112 valence electrons. The van der Waals surface area contributed by atoms with Crippen molar-refractivity contribution < 1.29 is 22.7 Å². The Kier molecular flexibility index (Phi) is 6.55. The van der Waals surface area contributed by atoms with Crippen LogP contribution in [0, 0.1) is 0 Å². The van der Waals surface area contributed by atoms with Crippen LogP contribution in [0.5, 0.6) is 5.75 Å². The smallest absolute Gasteiger partial charge is 0.265 e. The number of halogens is 3. The first-order chi connectivity index (χ1) is 9.56. The third kappa shape index (κ3) is 3.74. The SMILES string of the molecule is CCCCC(=O)c1ccc(OCC)c(CF)c1C(F)F. The van der Waals surface area contributed by atoms with E-state index in [0.29, 0.717) is 6.42 Å². The lowest BCUT2D eigenvalue weighted by atomic mass is 9.95. The lowest BCUT2D eigenvalue weighted by Gasteiger charge is -2.16. The van der Waals surface area contributed by atoms with Crippen LogP contribution in [0.2, 0.25) is 0 Å². The number of ketones is 1. The molecule has 1 rings (SSSR count). The van der Waals surface area contributed by atoms with Gasteiger partial charge in [0.1, 0.15) is 12.4 Å². The summed E-state index contributed by atoms with van der Waals surface area (Å²) in [5, 5.41) is 0. The van der Waals surface area contributed by atoms with E-state index >= 15 is 0 Å². The Labute approximate surface area is 116 Å². The van der Waals surface area contributed by atoms with Crippen molar-refractivity contribution in [2.75, 3.05) is 6.61 Å². The van der Waals surface area contributed by atoms with Crippen LogP contribution < -0.4 is 4.74 Å². The molecular weight excluding hydrogens is 269 g/mol. The van der Waals surface area contributed by atoms with Crippen molar-refractivity contribution >= 4 is 5.78 Å². The average molecular weight is 288 g/mol. The Hall–Kier alpha value is -1.52. The van der Waals surface area contributed by atoms with Gasteiger partial charge in [0.2, 0.25) is 0 Å². The molecule has 0 spiro atoms. The van der Waals surface area contributed by atoms with E-state index in [4.69, 9.17) is 4.74 Å². The number of ether oxygens (including phenoxy) is 1. The predicted molar refractivity (Wildman–Crippen MR) is 71.2 cm³/mol. The Morgan fingerprint density at radius 3 is 2.50 bits per heavy atom. The zero-order valence-corrected chi connectivity index (χ0v) is 11.7. The second kappa shape index (κ2) is 7.92. The van der Waals surface area contributed by atoms with E-state index in [2.05, 4.69) is 0 Å². The van der Waals surface area contributed by atoms with Gasteiger partial charge in [-0.2, -0.15) is 0 Å². The Bertz CT molecular complexity index is 459. The van der Waals surface area contributed by atoms with Gasteiger partial charge in [-0.1, -0.05) is 13.3 Å². The number of hydrogen-bond acceptors (Lipinski definition) is 2. The van der Waals surface area contributed by atoms with Crippen molar-refractivity contribution in [2.45, 2.75) is 46.2 Å². The molecule has 0 aromatic heterocycles. The molecule has 0 saturated carbocycles. The van der Waals surface area contributed by atoms with Crippen molar-refractivity contribution in [3.05, 3.63) is 28.8 Å². The maximum absolute atomic E-state index is 13.2. The van der Waals surface area contributed by atoms with Gasteiger partial charge < -0.3 is 4.74 Å². The van der Waals surface area contributed by atoms with Crippen LogP contribution in [0.15, 0.2) is 12.1 Å². The van der Waals surface area contributed by atoms with E-state index in [1.54, 1.807) is 6.92 Å². The molecule has 20 heavy (non-hydrogen) atoms. The Morgan fingerprint density at radius 1 is 1.30 bits per heavy atom. The summed E-state index contributed by atoms with van der Waals surface area (Å²) >= 11 is 0. The molecule has 0 bridgehead atoms. The number of carbonyl (C=O) groups excluding carboxylic acids is 1. The molecule has 0 aliphatic heterocycles. The first-order valence-electron chi connectivity index (χ1n) is 6.72. The molecule has 0 heterocycles. The van der Waals surface area contributed by atoms with E-state index in [1.165, 1.54) is 12.1 Å². The van der Waals surface area contributed by atoms with Crippen molar-refractivity contribution in [3.8, 4) is 5.75 Å². The largest absolute Gasteiger partial charge is 0.493 e. The number of hydrogen-bond donors (Lipinski definition) is 0. The maximum Gasteiger partial charge on any atom is 0.265 e. The first kappa shape index (κ1) is 16.5. The fourth-order valence-electron chi connectivity index (χ4n) is 2.04. The summed E-state index contributed by atoms with van der Waals surface area (Å²) < 4.78 is 44.7. The van der Waals surface area contributed by atoms with Crippen LogP contribution in [0.4, 0.5) is 13.2 Å². The second-order valence-corrected chi connectivity index (χ2v) is 4.40. The van der Waals surface area contributed by atoms with E-state index in [1.807, 2.05) is 6.92 Å². The molecule has 0 aliphatic rings. The van der Waals surface area contributed by atoms with Gasteiger partial charge in [-0.25, -0.2) is 13.2 Å². The van der Waals surface area contributed by atoms with E-state index in [-0.39, 0.29) is 35.7 Å². The van der Waals surface area contributed by atoms with Crippen molar-refractivity contribution in [1.29, 1.82) is 0 Å². The first-order valence-corrected chi connectivity index (χ1v) is 6.72. The molecule has 0 fully saturated rings. The van der Waals surface area contributed by atoms with E-state index in [9.17, 15) is 18.0 Å². The van der Waals surface area contributed by atoms with Gasteiger partial charge in [-0.05, 0) is 25.5 Å². The minimum absolute atomic E-state index is 0.0809. The number of rotatable bonds is 8. The topological polar surface area (TPSA) is 26.3 Å².